The van der Waals surface area contributed by atoms with Crippen LogP contribution in [0.1, 0.15) is 25.5 Å². The zero-order valence-corrected chi connectivity index (χ0v) is 12.5. The van der Waals surface area contributed by atoms with Crippen LogP contribution in [0.3, 0.4) is 0 Å². The number of nitrogens with zero attached hydrogens (tertiary/aromatic N) is 1. The lowest BCUT2D eigenvalue weighted by molar-refractivity contribution is 0.306. The average molecular weight is 301 g/mol. The Morgan fingerprint density at radius 3 is 2.45 bits per heavy atom. The summed E-state index contributed by atoms with van der Waals surface area (Å²) in [5, 5.41) is 0.582. The first-order valence-corrected chi connectivity index (χ1v) is 7.22. The van der Waals surface area contributed by atoms with E-state index in [4.69, 9.17) is 4.74 Å². The third kappa shape index (κ3) is 2.69. The van der Waals surface area contributed by atoms with Gasteiger partial charge in [-0.05, 0) is 50.2 Å². The van der Waals surface area contributed by atoms with Gasteiger partial charge in [-0.1, -0.05) is 6.07 Å². The molecule has 3 aromatic rings. The second kappa shape index (κ2) is 5.79. The SMILES string of the molecule is CC(C)n1cc(COc2ccc(F)cc2)c2c(F)cccc21. The molecule has 4 heteroatoms. The van der Waals surface area contributed by atoms with E-state index in [1.807, 2.05) is 16.8 Å². The summed E-state index contributed by atoms with van der Waals surface area (Å²) in [7, 11) is 0. The highest BCUT2D eigenvalue weighted by Crippen LogP contribution is 2.28. The van der Waals surface area contributed by atoms with Crippen molar-refractivity contribution in [2.75, 3.05) is 0 Å². The van der Waals surface area contributed by atoms with Crippen LogP contribution in [0.4, 0.5) is 8.78 Å². The lowest BCUT2D eigenvalue weighted by atomic mass is 10.2. The summed E-state index contributed by atoms with van der Waals surface area (Å²) in [5.74, 6) is -0.00685. The van der Waals surface area contributed by atoms with Crippen molar-refractivity contribution >= 4 is 10.9 Å². The highest BCUT2D eigenvalue weighted by atomic mass is 19.1. The molecule has 0 saturated heterocycles. The maximum absolute atomic E-state index is 14.2. The van der Waals surface area contributed by atoms with Crippen molar-refractivity contribution in [1.82, 2.24) is 4.57 Å². The number of hydrogen-bond acceptors (Lipinski definition) is 1. The first-order valence-electron chi connectivity index (χ1n) is 7.22. The number of rotatable bonds is 4. The summed E-state index contributed by atoms with van der Waals surface area (Å²) >= 11 is 0. The van der Waals surface area contributed by atoms with Gasteiger partial charge in [-0.25, -0.2) is 8.78 Å². The largest absolute Gasteiger partial charge is 0.489 e. The van der Waals surface area contributed by atoms with Gasteiger partial charge in [0, 0.05) is 23.2 Å². The van der Waals surface area contributed by atoms with Crippen molar-refractivity contribution in [3.63, 3.8) is 0 Å². The Labute approximate surface area is 127 Å². The summed E-state index contributed by atoms with van der Waals surface area (Å²) in [6.07, 6.45) is 1.92. The summed E-state index contributed by atoms with van der Waals surface area (Å²) in [6.45, 7) is 4.34. The summed E-state index contributed by atoms with van der Waals surface area (Å²) in [4.78, 5) is 0. The summed E-state index contributed by atoms with van der Waals surface area (Å²) < 4.78 is 34.8. The quantitative estimate of drug-likeness (QED) is 0.655. The smallest absolute Gasteiger partial charge is 0.132 e. The fourth-order valence-electron chi connectivity index (χ4n) is 2.58. The van der Waals surface area contributed by atoms with Gasteiger partial charge in [0.15, 0.2) is 0 Å². The van der Waals surface area contributed by atoms with E-state index in [1.54, 1.807) is 18.2 Å². The normalized spacial score (nSPS) is 11.3. The molecule has 1 heterocycles. The van der Waals surface area contributed by atoms with E-state index < -0.39 is 0 Å². The van der Waals surface area contributed by atoms with Crippen LogP contribution in [0, 0.1) is 11.6 Å². The van der Waals surface area contributed by atoms with Crippen molar-refractivity contribution in [2.24, 2.45) is 0 Å². The second-order valence-electron chi connectivity index (χ2n) is 5.53. The highest BCUT2D eigenvalue weighted by Gasteiger charge is 2.14. The van der Waals surface area contributed by atoms with Crippen molar-refractivity contribution in [3.05, 3.63) is 65.9 Å². The van der Waals surface area contributed by atoms with E-state index in [-0.39, 0.29) is 24.3 Å². The molecule has 0 radical (unpaired) electrons. The third-order valence-corrected chi connectivity index (χ3v) is 3.65. The second-order valence-corrected chi connectivity index (χ2v) is 5.53. The van der Waals surface area contributed by atoms with Crippen molar-refractivity contribution in [1.29, 1.82) is 0 Å². The predicted molar refractivity (Wildman–Crippen MR) is 83.0 cm³/mol. The van der Waals surface area contributed by atoms with Crippen LogP contribution in [0.25, 0.3) is 10.9 Å². The van der Waals surface area contributed by atoms with Crippen LogP contribution < -0.4 is 4.74 Å². The molecule has 0 bridgehead atoms. The van der Waals surface area contributed by atoms with Gasteiger partial charge in [0.25, 0.3) is 0 Å². The molecule has 114 valence electrons. The van der Waals surface area contributed by atoms with Crippen molar-refractivity contribution in [2.45, 2.75) is 26.5 Å². The molecule has 0 fully saturated rings. The van der Waals surface area contributed by atoms with Gasteiger partial charge in [-0.2, -0.15) is 0 Å². The third-order valence-electron chi connectivity index (χ3n) is 3.65. The number of hydrogen-bond donors (Lipinski definition) is 0. The maximum atomic E-state index is 14.2. The highest BCUT2D eigenvalue weighted by molar-refractivity contribution is 5.84. The Kier molecular flexibility index (Phi) is 3.84. The topological polar surface area (TPSA) is 14.2 Å². The van der Waals surface area contributed by atoms with E-state index in [9.17, 15) is 8.78 Å². The van der Waals surface area contributed by atoms with E-state index in [0.717, 1.165) is 11.1 Å². The Balaban J connectivity index is 1.94. The van der Waals surface area contributed by atoms with Gasteiger partial charge in [0.1, 0.15) is 24.0 Å². The molecule has 2 aromatic carbocycles. The van der Waals surface area contributed by atoms with Crippen molar-refractivity contribution in [3.8, 4) is 5.75 Å². The zero-order chi connectivity index (χ0) is 15.7. The molecule has 0 saturated carbocycles. The molecule has 0 spiro atoms. The lowest BCUT2D eigenvalue weighted by Crippen LogP contribution is -1.98. The van der Waals surface area contributed by atoms with Crippen LogP contribution in [-0.2, 0) is 6.61 Å². The molecular formula is C18H17F2NO. The number of aromatic nitrogens is 1. The van der Waals surface area contributed by atoms with E-state index in [2.05, 4.69) is 13.8 Å². The van der Waals surface area contributed by atoms with Gasteiger partial charge in [0.05, 0.1) is 5.52 Å². The number of ether oxygens (including phenoxy) is 1. The Morgan fingerprint density at radius 1 is 1.05 bits per heavy atom. The summed E-state index contributed by atoms with van der Waals surface area (Å²) in [6, 6.07) is 11.1. The molecule has 0 N–H and O–H groups in total. The van der Waals surface area contributed by atoms with Gasteiger partial charge >= 0.3 is 0 Å². The molecule has 22 heavy (non-hydrogen) atoms. The average Bonchev–Trinajstić information content (AvgIpc) is 2.87. The van der Waals surface area contributed by atoms with Crippen LogP contribution in [0.15, 0.2) is 48.7 Å². The zero-order valence-electron chi connectivity index (χ0n) is 12.5. The van der Waals surface area contributed by atoms with Gasteiger partial charge in [-0.3, -0.25) is 0 Å². The Morgan fingerprint density at radius 2 is 1.77 bits per heavy atom. The molecule has 0 aliphatic heterocycles. The van der Waals surface area contributed by atoms with Crippen LogP contribution in [0.2, 0.25) is 0 Å². The first-order chi connectivity index (χ1) is 10.6. The molecule has 0 unspecified atom stereocenters. The minimum atomic E-state index is -0.310. The number of halogens is 2. The minimum Gasteiger partial charge on any atom is -0.489 e. The van der Waals surface area contributed by atoms with Crippen LogP contribution >= 0.6 is 0 Å². The molecule has 3 rings (SSSR count). The molecule has 0 aliphatic rings. The fraction of sp³-hybridized carbons (Fsp3) is 0.222. The standard InChI is InChI=1S/C18H17F2NO/c1-12(2)21-10-13(18-16(20)4-3-5-17(18)21)11-22-15-8-6-14(19)7-9-15/h3-10,12H,11H2,1-2H3. The number of benzene rings is 2. The lowest BCUT2D eigenvalue weighted by Gasteiger charge is -2.08. The fourth-order valence-corrected chi connectivity index (χ4v) is 2.58. The number of fused-ring (bicyclic) bond motifs is 1. The van der Waals surface area contributed by atoms with Crippen LogP contribution in [0.5, 0.6) is 5.75 Å². The molecule has 2 nitrogen and oxygen atoms in total. The molecular weight excluding hydrogens is 284 g/mol. The van der Waals surface area contributed by atoms with Gasteiger partial charge in [-0.15, -0.1) is 0 Å². The Hall–Kier alpha value is -2.36. The molecule has 1 aromatic heterocycles. The predicted octanol–water partition coefficient (Wildman–Crippen LogP) is 5.08. The molecule has 0 atom stereocenters. The van der Waals surface area contributed by atoms with Gasteiger partial charge < -0.3 is 9.30 Å². The Bertz CT molecular complexity index is 791. The van der Waals surface area contributed by atoms with E-state index in [0.29, 0.717) is 11.1 Å². The molecule has 0 amide bonds. The van der Waals surface area contributed by atoms with Crippen LogP contribution in [-0.4, -0.2) is 4.57 Å². The van der Waals surface area contributed by atoms with Crippen molar-refractivity contribution < 1.29 is 13.5 Å². The van der Waals surface area contributed by atoms with E-state index in [1.165, 1.54) is 18.2 Å². The summed E-state index contributed by atoms with van der Waals surface area (Å²) in [5.41, 5.74) is 1.64. The monoisotopic (exact) mass is 301 g/mol. The van der Waals surface area contributed by atoms with E-state index >= 15 is 0 Å². The van der Waals surface area contributed by atoms with Gasteiger partial charge in [0.2, 0.25) is 0 Å². The maximum Gasteiger partial charge on any atom is 0.132 e. The minimum absolute atomic E-state index is 0.226. The first kappa shape index (κ1) is 14.6. The molecule has 0 aliphatic carbocycles.